The number of nitrogens with one attached hydrogen (secondary N) is 1. The molecule has 0 bridgehead atoms. The van der Waals surface area contributed by atoms with Crippen molar-refractivity contribution in [2.45, 2.75) is 0 Å². The van der Waals surface area contributed by atoms with E-state index in [1.54, 1.807) is 11.4 Å². The number of carbonyl (C=O) groups excluding carboxylic acids is 1. The number of carboxylic acid groups (broad SMARTS) is 1. The molecule has 0 aromatic carbocycles. The summed E-state index contributed by atoms with van der Waals surface area (Å²) in [4.78, 5) is 22.8. The van der Waals surface area contributed by atoms with Gasteiger partial charge in [-0.15, -0.1) is 21.5 Å². The first-order valence-corrected chi connectivity index (χ1v) is 6.49. The van der Waals surface area contributed by atoms with Crippen molar-refractivity contribution in [1.29, 1.82) is 0 Å². The van der Waals surface area contributed by atoms with Crippen LogP contribution >= 0.6 is 22.7 Å². The third-order valence-electron chi connectivity index (χ3n) is 1.89. The first-order chi connectivity index (χ1) is 8.66. The molecule has 0 unspecified atom stereocenters. The monoisotopic (exact) mass is 281 g/mol. The highest BCUT2D eigenvalue weighted by atomic mass is 32.1. The molecule has 0 spiro atoms. The van der Waals surface area contributed by atoms with E-state index in [2.05, 4.69) is 15.5 Å². The van der Waals surface area contributed by atoms with Crippen LogP contribution in [0.25, 0.3) is 6.08 Å². The topological polar surface area (TPSA) is 92.2 Å². The Bertz CT molecular complexity index is 589. The average molecular weight is 281 g/mol. The molecule has 2 N–H and O–H groups in total. The van der Waals surface area contributed by atoms with Gasteiger partial charge in [0.15, 0.2) is 0 Å². The van der Waals surface area contributed by atoms with Gasteiger partial charge in [0.2, 0.25) is 5.13 Å². The van der Waals surface area contributed by atoms with Crippen LogP contribution in [0.4, 0.5) is 5.13 Å². The summed E-state index contributed by atoms with van der Waals surface area (Å²) in [5.74, 6) is -1.39. The molecule has 1 amide bonds. The maximum atomic E-state index is 11.9. The van der Waals surface area contributed by atoms with Crippen molar-refractivity contribution in [3.63, 3.8) is 0 Å². The zero-order chi connectivity index (χ0) is 13.0. The fourth-order valence-corrected chi connectivity index (χ4v) is 2.40. The largest absolute Gasteiger partial charge is 0.478 e. The Hall–Kier alpha value is -2.06. The molecule has 0 saturated heterocycles. The Labute approximate surface area is 110 Å². The molecule has 92 valence electrons. The lowest BCUT2D eigenvalue weighted by Crippen LogP contribution is -2.11. The van der Waals surface area contributed by atoms with Crippen LogP contribution in [0.3, 0.4) is 0 Å². The van der Waals surface area contributed by atoms with Crippen molar-refractivity contribution >= 4 is 45.8 Å². The Morgan fingerprint density at radius 1 is 1.39 bits per heavy atom. The van der Waals surface area contributed by atoms with Gasteiger partial charge in [-0.2, -0.15) is 0 Å². The van der Waals surface area contributed by atoms with Crippen LogP contribution in [0.1, 0.15) is 15.2 Å². The van der Waals surface area contributed by atoms with Crippen LogP contribution in [0.5, 0.6) is 0 Å². The number of aliphatic carboxylic acids is 1. The Morgan fingerprint density at radius 3 is 2.89 bits per heavy atom. The third kappa shape index (κ3) is 2.99. The molecule has 2 aromatic heterocycles. The zero-order valence-corrected chi connectivity index (χ0v) is 10.5. The minimum absolute atomic E-state index is 0.327. The number of carbonyl (C=O) groups is 2. The van der Waals surface area contributed by atoms with E-state index in [0.29, 0.717) is 15.6 Å². The minimum atomic E-state index is -1.06. The highest BCUT2D eigenvalue weighted by Gasteiger charge is 2.13. The number of thiophene rings is 1. The number of hydrogen-bond donors (Lipinski definition) is 2. The summed E-state index contributed by atoms with van der Waals surface area (Å²) in [5.41, 5.74) is 2.07. The maximum Gasteiger partial charge on any atom is 0.328 e. The SMILES string of the molecule is O=C(O)C=Cc1ccsc1C(=O)Nc1nncs1. The number of nitrogens with zero attached hydrogens (tertiary/aromatic N) is 2. The van der Waals surface area contributed by atoms with E-state index in [1.165, 1.54) is 34.3 Å². The van der Waals surface area contributed by atoms with Gasteiger partial charge in [-0.25, -0.2) is 4.79 Å². The van der Waals surface area contributed by atoms with Crippen molar-refractivity contribution in [3.8, 4) is 0 Å². The van der Waals surface area contributed by atoms with Crippen LogP contribution in [-0.4, -0.2) is 27.2 Å². The summed E-state index contributed by atoms with van der Waals surface area (Å²) < 4.78 is 0. The molecule has 0 fully saturated rings. The first-order valence-electron chi connectivity index (χ1n) is 4.73. The van der Waals surface area contributed by atoms with Gasteiger partial charge >= 0.3 is 5.97 Å². The van der Waals surface area contributed by atoms with E-state index < -0.39 is 5.97 Å². The highest BCUT2D eigenvalue weighted by molar-refractivity contribution is 7.14. The predicted octanol–water partition coefficient (Wildman–Crippen LogP) is 1.95. The molecule has 8 heteroatoms. The lowest BCUT2D eigenvalue weighted by atomic mass is 10.2. The Balaban J connectivity index is 2.16. The molecule has 0 aliphatic rings. The van der Waals surface area contributed by atoms with Gasteiger partial charge in [0.05, 0.1) is 4.88 Å². The number of amides is 1. The summed E-state index contributed by atoms with van der Waals surface area (Å²) in [6.07, 6.45) is 2.37. The van der Waals surface area contributed by atoms with E-state index in [0.717, 1.165) is 6.08 Å². The van der Waals surface area contributed by atoms with Crippen LogP contribution in [0, 0.1) is 0 Å². The number of anilines is 1. The van der Waals surface area contributed by atoms with Crippen molar-refractivity contribution in [1.82, 2.24) is 10.2 Å². The van der Waals surface area contributed by atoms with Gasteiger partial charge in [0.25, 0.3) is 5.91 Å². The van der Waals surface area contributed by atoms with Crippen LogP contribution in [0.2, 0.25) is 0 Å². The van der Waals surface area contributed by atoms with Crippen LogP contribution in [0.15, 0.2) is 23.0 Å². The lowest BCUT2D eigenvalue weighted by Gasteiger charge is -1.99. The molecule has 0 atom stereocenters. The predicted molar refractivity (Wildman–Crippen MR) is 68.9 cm³/mol. The number of carboxylic acids is 1. The number of aromatic nitrogens is 2. The molecular formula is C10H7N3O3S2. The molecule has 6 nitrogen and oxygen atoms in total. The van der Waals surface area contributed by atoms with Crippen molar-refractivity contribution in [2.24, 2.45) is 0 Å². The molecule has 0 aliphatic heterocycles. The van der Waals surface area contributed by atoms with Crippen LogP contribution in [-0.2, 0) is 4.79 Å². The van der Waals surface area contributed by atoms with Crippen molar-refractivity contribution < 1.29 is 14.7 Å². The molecule has 0 aliphatic carbocycles. The molecule has 18 heavy (non-hydrogen) atoms. The summed E-state index contributed by atoms with van der Waals surface area (Å²) in [6.45, 7) is 0. The van der Waals surface area contributed by atoms with Gasteiger partial charge in [-0.1, -0.05) is 11.3 Å². The molecule has 0 radical (unpaired) electrons. The first kappa shape index (κ1) is 12.4. The van der Waals surface area contributed by atoms with Gasteiger partial charge in [0, 0.05) is 6.08 Å². The highest BCUT2D eigenvalue weighted by Crippen LogP contribution is 2.20. The van der Waals surface area contributed by atoms with E-state index in [-0.39, 0.29) is 5.91 Å². The van der Waals surface area contributed by atoms with Gasteiger partial charge in [-0.3, -0.25) is 10.1 Å². The smallest absolute Gasteiger partial charge is 0.328 e. The summed E-state index contributed by atoms with van der Waals surface area (Å²) in [5, 5.41) is 20.6. The second kappa shape index (κ2) is 5.52. The molecular weight excluding hydrogens is 274 g/mol. The normalized spacial score (nSPS) is 10.7. The molecule has 0 saturated carbocycles. The zero-order valence-electron chi connectivity index (χ0n) is 8.86. The second-order valence-electron chi connectivity index (χ2n) is 3.07. The number of hydrogen-bond acceptors (Lipinski definition) is 6. The maximum absolute atomic E-state index is 11.9. The van der Waals surface area contributed by atoms with Crippen LogP contribution < -0.4 is 5.32 Å². The fourth-order valence-electron chi connectivity index (χ4n) is 1.18. The number of rotatable bonds is 4. The molecule has 2 rings (SSSR count). The van der Waals surface area contributed by atoms with E-state index >= 15 is 0 Å². The fraction of sp³-hybridized carbons (Fsp3) is 0. The van der Waals surface area contributed by atoms with E-state index in [1.807, 2.05) is 0 Å². The third-order valence-corrected chi connectivity index (χ3v) is 3.42. The second-order valence-corrected chi connectivity index (χ2v) is 4.82. The van der Waals surface area contributed by atoms with E-state index in [4.69, 9.17) is 5.11 Å². The quantitative estimate of drug-likeness (QED) is 0.836. The van der Waals surface area contributed by atoms with Gasteiger partial charge in [-0.05, 0) is 23.1 Å². The average Bonchev–Trinajstić information content (AvgIpc) is 2.96. The minimum Gasteiger partial charge on any atom is -0.478 e. The van der Waals surface area contributed by atoms with Gasteiger partial charge in [0.1, 0.15) is 5.51 Å². The summed E-state index contributed by atoms with van der Waals surface area (Å²) >= 11 is 2.44. The summed E-state index contributed by atoms with van der Waals surface area (Å²) in [6, 6.07) is 1.68. The summed E-state index contributed by atoms with van der Waals surface area (Å²) in [7, 11) is 0. The van der Waals surface area contributed by atoms with Crippen molar-refractivity contribution in [3.05, 3.63) is 33.5 Å². The molecule has 2 heterocycles. The lowest BCUT2D eigenvalue weighted by molar-refractivity contribution is -0.131. The van der Waals surface area contributed by atoms with E-state index in [9.17, 15) is 9.59 Å². The van der Waals surface area contributed by atoms with Crippen molar-refractivity contribution in [2.75, 3.05) is 5.32 Å². The Kier molecular flexibility index (Phi) is 3.80. The standard InChI is InChI=1S/C10H7N3O3S2/c14-7(15)2-1-6-3-4-17-8(6)9(16)12-10-13-11-5-18-10/h1-5H,(H,14,15)(H,12,13,16). The Morgan fingerprint density at radius 2 is 2.22 bits per heavy atom. The van der Waals surface area contributed by atoms with Gasteiger partial charge < -0.3 is 5.11 Å². The molecule has 2 aromatic rings.